The topological polar surface area (TPSA) is 53.5 Å². The number of nitrogens with zero attached hydrogens (tertiary/aromatic N) is 1. The molecular formula is C12H23N3OS. The zero-order valence-electron chi connectivity index (χ0n) is 11.2. The van der Waals surface area contributed by atoms with E-state index in [1.165, 1.54) is 6.42 Å². The van der Waals surface area contributed by atoms with Gasteiger partial charge < -0.3 is 10.6 Å². The van der Waals surface area contributed by atoms with Gasteiger partial charge in [-0.25, -0.2) is 0 Å². The molecule has 1 atom stereocenters. The number of hydrogen-bond acceptors (Lipinski definition) is 4. The molecule has 1 aliphatic rings. The van der Waals surface area contributed by atoms with Crippen molar-refractivity contribution in [3.05, 3.63) is 0 Å². The molecule has 0 bridgehead atoms. The fourth-order valence-corrected chi connectivity index (χ4v) is 3.09. The molecule has 0 aliphatic carbocycles. The minimum absolute atomic E-state index is 0.0624. The van der Waals surface area contributed by atoms with Crippen LogP contribution in [0.15, 0.2) is 4.99 Å². The van der Waals surface area contributed by atoms with Crippen LogP contribution in [0.5, 0.6) is 0 Å². The number of carbonyl (C=O) groups is 1. The van der Waals surface area contributed by atoms with E-state index in [-0.39, 0.29) is 5.91 Å². The maximum absolute atomic E-state index is 11.0. The Morgan fingerprint density at radius 2 is 2.24 bits per heavy atom. The molecule has 4 nitrogen and oxygen atoms in total. The SMILES string of the molecule is CNC(=O)CCNC1=NCC(CC(C)(C)C)S1. The van der Waals surface area contributed by atoms with Crippen LogP contribution in [0.25, 0.3) is 0 Å². The number of carbonyl (C=O) groups excluding carboxylic acids is 1. The molecule has 5 heteroatoms. The molecule has 1 amide bonds. The predicted octanol–water partition coefficient (Wildman–Crippen LogP) is 1.62. The second kappa shape index (κ2) is 6.28. The van der Waals surface area contributed by atoms with Gasteiger partial charge in [-0.05, 0) is 11.8 Å². The van der Waals surface area contributed by atoms with Crippen LogP contribution >= 0.6 is 11.8 Å². The van der Waals surface area contributed by atoms with Crippen molar-refractivity contribution in [2.75, 3.05) is 20.1 Å². The van der Waals surface area contributed by atoms with E-state index in [1.807, 2.05) is 0 Å². The van der Waals surface area contributed by atoms with E-state index in [2.05, 4.69) is 36.4 Å². The van der Waals surface area contributed by atoms with Crippen LogP contribution in [0.4, 0.5) is 0 Å². The second-order valence-electron chi connectivity index (χ2n) is 5.50. The first kappa shape index (κ1) is 14.4. The maximum atomic E-state index is 11.0. The molecule has 1 aliphatic heterocycles. The molecule has 0 aromatic carbocycles. The molecule has 2 N–H and O–H groups in total. The van der Waals surface area contributed by atoms with Crippen molar-refractivity contribution in [1.82, 2.24) is 10.6 Å². The highest BCUT2D eigenvalue weighted by molar-refractivity contribution is 8.14. The molecule has 1 heterocycles. The third kappa shape index (κ3) is 5.96. The van der Waals surface area contributed by atoms with Crippen LogP contribution in [0, 0.1) is 5.41 Å². The van der Waals surface area contributed by atoms with Gasteiger partial charge in [0.1, 0.15) is 0 Å². The minimum Gasteiger partial charge on any atom is -0.364 e. The zero-order valence-corrected chi connectivity index (χ0v) is 12.0. The lowest BCUT2D eigenvalue weighted by Gasteiger charge is -2.21. The number of nitrogens with one attached hydrogen (secondary N) is 2. The number of amidine groups is 1. The number of rotatable bonds is 4. The second-order valence-corrected chi connectivity index (χ2v) is 6.79. The Bertz CT molecular complexity index is 297. The summed E-state index contributed by atoms with van der Waals surface area (Å²) in [5.41, 5.74) is 0.352. The molecule has 17 heavy (non-hydrogen) atoms. The molecule has 1 unspecified atom stereocenters. The molecule has 98 valence electrons. The Kier molecular flexibility index (Phi) is 5.31. The van der Waals surface area contributed by atoms with Gasteiger partial charge in [0, 0.05) is 25.3 Å². The molecule has 1 rings (SSSR count). The summed E-state index contributed by atoms with van der Waals surface area (Å²) >= 11 is 1.80. The maximum Gasteiger partial charge on any atom is 0.221 e. The number of thioether (sulfide) groups is 1. The van der Waals surface area contributed by atoms with Crippen molar-refractivity contribution < 1.29 is 4.79 Å². The van der Waals surface area contributed by atoms with Gasteiger partial charge in [0.05, 0.1) is 6.54 Å². The summed E-state index contributed by atoms with van der Waals surface area (Å²) in [6, 6.07) is 0. The Labute approximate surface area is 108 Å². The molecular weight excluding hydrogens is 234 g/mol. The highest BCUT2D eigenvalue weighted by atomic mass is 32.2. The smallest absolute Gasteiger partial charge is 0.221 e. The summed E-state index contributed by atoms with van der Waals surface area (Å²) in [7, 11) is 1.66. The van der Waals surface area contributed by atoms with Crippen LogP contribution in [0.1, 0.15) is 33.6 Å². The molecule has 0 radical (unpaired) electrons. The van der Waals surface area contributed by atoms with E-state index in [0.717, 1.165) is 11.7 Å². The number of hydrogen-bond donors (Lipinski definition) is 2. The molecule has 0 fully saturated rings. The van der Waals surface area contributed by atoms with Gasteiger partial charge >= 0.3 is 0 Å². The summed E-state index contributed by atoms with van der Waals surface area (Å²) in [6.07, 6.45) is 1.67. The monoisotopic (exact) mass is 257 g/mol. The van der Waals surface area contributed by atoms with Crippen LogP contribution in [-0.2, 0) is 4.79 Å². The lowest BCUT2D eigenvalue weighted by atomic mass is 9.90. The minimum atomic E-state index is 0.0624. The van der Waals surface area contributed by atoms with E-state index in [0.29, 0.717) is 23.6 Å². The first-order valence-corrected chi connectivity index (χ1v) is 6.94. The average Bonchev–Trinajstić information content (AvgIpc) is 2.62. The van der Waals surface area contributed by atoms with Crippen LogP contribution in [-0.4, -0.2) is 36.5 Å². The van der Waals surface area contributed by atoms with Crippen molar-refractivity contribution in [3.8, 4) is 0 Å². The molecule has 0 aromatic rings. The lowest BCUT2D eigenvalue weighted by molar-refractivity contribution is -0.120. The van der Waals surface area contributed by atoms with Gasteiger partial charge in [-0.3, -0.25) is 9.79 Å². The van der Waals surface area contributed by atoms with Crippen molar-refractivity contribution in [1.29, 1.82) is 0 Å². The van der Waals surface area contributed by atoms with E-state index in [1.54, 1.807) is 18.8 Å². The van der Waals surface area contributed by atoms with Crippen LogP contribution in [0.2, 0.25) is 0 Å². The van der Waals surface area contributed by atoms with E-state index >= 15 is 0 Å². The molecule has 0 saturated heterocycles. The first-order valence-electron chi connectivity index (χ1n) is 6.06. The van der Waals surface area contributed by atoms with Gasteiger partial charge in [-0.15, -0.1) is 0 Å². The first-order chi connectivity index (χ1) is 7.90. The number of aliphatic imine (C=N–C) groups is 1. The molecule has 0 saturated carbocycles. The Balaban J connectivity index is 2.19. The predicted molar refractivity (Wildman–Crippen MR) is 74.4 cm³/mol. The Morgan fingerprint density at radius 1 is 1.53 bits per heavy atom. The highest BCUT2D eigenvalue weighted by Crippen LogP contribution is 2.31. The zero-order chi connectivity index (χ0) is 12.9. The average molecular weight is 257 g/mol. The summed E-state index contributed by atoms with van der Waals surface area (Å²) in [4.78, 5) is 15.5. The summed E-state index contributed by atoms with van der Waals surface area (Å²) < 4.78 is 0. The largest absolute Gasteiger partial charge is 0.364 e. The third-order valence-electron chi connectivity index (χ3n) is 2.46. The van der Waals surface area contributed by atoms with Gasteiger partial charge in [0.25, 0.3) is 0 Å². The third-order valence-corrected chi connectivity index (χ3v) is 3.61. The van der Waals surface area contributed by atoms with Crippen molar-refractivity contribution in [3.63, 3.8) is 0 Å². The summed E-state index contributed by atoms with van der Waals surface area (Å²) in [5, 5.41) is 7.39. The van der Waals surface area contributed by atoms with E-state index < -0.39 is 0 Å². The Hall–Kier alpha value is -0.710. The molecule has 0 spiro atoms. The van der Waals surface area contributed by atoms with Crippen LogP contribution < -0.4 is 10.6 Å². The fourth-order valence-electron chi connectivity index (χ4n) is 1.71. The van der Waals surface area contributed by atoms with Crippen LogP contribution in [0.3, 0.4) is 0 Å². The molecule has 0 aromatic heterocycles. The van der Waals surface area contributed by atoms with Gasteiger partial charge in [0.2, 0.25) is 5.91 Å². The van der Waals surface area contributed by atoms with E-state index in [9.17, 15) is 4.79 Å². The van der Waals surface area contributed by atoms with Gasteiger partial charge in [0.15, 0.2) is 5.17 Å². The Morgan fingerprint density at radius 3 is 2.82 bits per heavy atom. The van der Waals surface area contributed by atoms with E-state index in [4.69, 9.17) is 0 Å². The summed E-state index contributed by atoms with van der Waals surface area (Å²) in [6.45, 7) is 8.32. The lowest BCUT2D eigenvalue weighted by Crippen LogP contribution is -2.27. The standard InChI is InChI=1S/C12H23N3OS/c1-12(2,3)7-9-8-15-11(17-9)14-6-5-10(16)13-4/h9H,5-8H2,1-4H3,(H,13,16)(H,14,15). The van der Waals surface area contributed by atoms with Crippen molar-refractivity contribution >= 4 is 22.8 Å². The normalized spacial score (nSPS) is 20.0. The fraction of sp³-hybridized carbons (Fsp3) is 0.833. The highest BCUT2D eigenvalue weighted by Gasteiger charge is 2.24. The van der Waals surface area contributed by atoms with Gasteiger partial charge in [-0.1, -0.05) is 32.5 Å². The van der Waals surface area contributed by atoms with Crippen molar-refractivity contribution in [2.24, 2.45) is 10.4 Å². The number of amides is 1. The quantitative estimate of drug-likeness (QED) is 0.804. The van der Waals surface area contributed by atoms with Crippen molar-refractivity contribution in [2.45, 2.75) is 38.9 Å². The summed E-state index contributed by atoms with van der Waals surface area (Å²) in [5.74, 6) is 0.0624. The van der Waals surface area contributed by atoms with Gasteiger partial charge in [-0.2, -0.15) is 0 Å².